The predicted molar refractivity (Wildman–Crippen MR) is 93.7 cm³/mol. The fraction of sp³-hybridized carbons (Fsp3) is 0.375. The Hall–Kier alpha value is -2.16. The van der Waals surface area contributed by atoms with Crippen LogP contribution in [-0.2, 0) is 0 Å². The van der Waals surface area contributed by atoms with Crippen LogP contribution in [0.25, 0.3) is 0 Å². The third kappa shape index (κ3) is 4.28. The molecule has 1 fully saturated rings. The van der Waals surface area contributed by atoms with E-state index >= 15 is 0 Å². The van der Waals surface area contributed by atoms with E-state index < -0.39 is 5.82 Å². The van der Waals surface area contributed by atoms with Crippen molar-refractivity contribution in [2.75, 3.05) is 50.0 Å². The van der Waals surface area contributed by atoms with Crippen LogP contribution in [0.3, 0.4) is 0 Å². The number of hydrogen-bond donors (Lipinski definition) is 2. The zero-order chi connectivity index (χ0) is 17.8. The van der Waals surface area contributed by atoms with Crippen LogP contribution in [-0.4, -0.2) is 59.3 Å². The summed E-state index contributed by atoms with van der Waals surface area (Å²) in [6.07, 6.45) is 1.48. The molecule has 0 radical (unpaired) electrons. The standard InChI is InChI=1S/C16H19ClFN5O2/c17-12-9-11(18)1-2-13(12)25-14-10-20-16(19)21-15(14)23-5-3-22(4-6-23)7-8-24/h1-2,9-10,24H,3-8H2,(H2,19,20,21). The number of aromatic nitrogens is 2. The van der Waals surface area contributed by atoms with Gasteiger partial charge in [-0.1, -0.05) is 11.6 Å². The molecule has 0 spiro atoms. The largest absolute Gasteiger partial charge is 0.450 e. The average Bonchev–Trinajstić information content (AvgIpc) is 2.60. The molecule has 3 rings (SSSR count). The highest BCUT2D eigenvalue weighted by Crippen LogP contribution is 2.34. The van der Waals surface area contributed by atoms with Crippen LogP contribution in [0.2, 0.25) is 5.02 Å². The number of nitrogens with two attached hydrogens (primary N) is 1. The Labute approximate surface area is 149 Å². The van der Waals surface area contributed by atoms with Gasteiger partial charge in [-0.25, -0.2) is 9.37 Å². The number of β-amino-alcohol motifs (C(OH)–C–C–N with tert-alkyl or cyclic N) is 1. The summed E-state index contributed by atoms with van der Waals surface area (Å²) in [7, 11) is 0. The Morgan fingerprint density at radius 3 is 2.68 bits per heavy atom. The molecule has 1 aromatic heterocycles. The van der Waals surface area contributed by atoms with Crippen molar-refractivity contribution in [3.05, 3.63) is 35.2 Å². The Bertz CT molecular complexity index is 740. The quantitative estimate of drug-likeness (QED) is 0.832. The lowest BCUT2D eigenvalue weighted by atomic mass is 10.3. The normalized spacial score (nSPS) is 15.4. The topological polar surface area (TPSA) is 87.7 Å². The number of rotatable bonds is 5. The van der Waals surface area contributed by atoms with Crippen molar-refractivity contribution < 1.29 is 14.2 Å². The maximum absolute atomic E-state index is 13.2. The smallest absolute Gasteiger partial charge is 0.222 e. The molecule has 0 unspecified atom stereocenters. The number of benzene rings is 1. The van der Waals surface area contributed by atoms with Gasteiger partial charge in [0.15, 0.2) is 11.6 Å². The van der Waals surface area contributed by atoms with Crippen molar-refractivity contribution >= 4 is 23.4 Å². The zero-order valence-corrected chi connectivity index (χ0v) is 14.3. The number of aliphatic hydroxyl groups excluding tert-OH is 1. The molecule has 3 N–H and O–H groups in total. The molecular weight excluding hydrogens is 349 g/mol. The lowest BCUT2D eigenvalue weighted by molar-refractivity contribution is 0.188. The van der Waals surface area contributed by atoms with E-state index in [9.17, 15) is 4.39 Å². The van der Waals surface area contributed by atoms with E-state index in [4.69, 9.17) is 27.2 Å². The number of aliphatic hydroxyl groups is 1. The van der Waals surface area contributed by atoms with Gasteiger partial charge in [0, 0.05) is 32.7 Å². The summed E-state index contributed by atoms with van der Waals surface area (Å²) in [6, 6.07) is 3.91. The summed E-state index contributed by atoms with van der Waals surface area (Å²) in [5, 5.41) is 9.20. The third-order valence-electron chi connectivity index (χ3n) is 3.96. The molecule has 1 aliphatic heterocycles. The fourth-order valence-corrected chi connectivity index (χ4v) is 2.88. The van der Waals surface area contributed by atoms with Crippen LogP contribution in [0.1, 0.15) is 0 Å². The highest BCUT2D eigenvalue weighted by atomic mass is 35.5. The average molecular weight is 368 g/mol. The van der Waals surface area contributed by atoms with E-state index in [0.717, 1.165) is 13.1 Å². The van der Waals surface area contributed by atoms with Crippen LogP contribution in [0.4, 0.5) is 16.2 Å². The SMILES string of the molecule is Nc1ncc(Oc2ccc(F)cc2Cl)c(N2CCN(CCO)CC2)n1. The third-order valence-corrected chi connectivity index (χ3v) is 4.25. The summed E-state index contributed by atoms with van der Waals surface area (Å²) in [4.78, 5) is 12.5. The van der Waals surface area contributed by atoms with Crippen LogP contribution in [0.15, 0.2) is 24.4 Å². The monoisotopic (exact) mass is 367 g/mol. The van der Waals surface area contributed by atoms with Crippen molar-refractivity contribution in [2.24, 2.45) is 0 Å². The van der Waals surface area contributed by atoms with Crippen molar-refractivity contribution in [2.45, 2.75) is 0 Å². The van der Waals surface area contributed by atoms with Crippen LogP contribution < -0.4 is 15.4 Å². The second kappa shape index (κ2) is 7.81. The molecule has 7 nitrogen and oxygen atoms in total. The molecule has 0 bridgehead atoms. The van der Waals surface area contributed by atoms with Crippen LogP contribution >= 0.6 is 11.6 Å². The Morgan fingerprint density at radius 2 is 2.00 bits per heavy atom. The van der Waals surface area contributed by atoms with Crippen molar-refractivity contribution in [1.29, 1.82) is 0 Å². The minimum Gasteiger partial charge on any atom is -0.450 e. The Morgan fingerprint density at radius 1 is 1.24 bits per heavy atom. The molecule has 1 aliphatic rings. The van der Waals surface area contributed by atoms with Gasteiger partial charge in [0.25, 0.3) is 0 Å². The van der Waals surface area contributed by atoms with Gasteiger partial charge in [-0.05, 0) is 18.2 Å². The first-order valence-corrected chi connectivity index (χ1v) is 8.28. The summed E-state index contributed by atoms with van der Waals surface area (Å²) in [6.45, 7) is 3.79. The Balaban J connectivity index is 1.81. The van der Waals surface area contributed by atoms with Gasteiger partial charge in [0.2, 0.25) is 5.95 Å². The minimum absolute atomic E-state index is 0.137. The number of anilines is 2. The molecule has 0 aliphatic carbocycles. The Kier molecular flexibility index (Phi) is 5.52. The number of ether oxygens (including phenoxy) is 1. The molecule has 134 valence electrons. The maximum atomic E-state index is 13.2. The van der Waals surface area contributed by atoms with Crippen LogP contribution in [0.5, 0.6) is 11.5 Å². The van der Waals surface area contributed by atoms with Gasteiger partial charge in [0.05, 0.1) is 17.8 Å². The van der Waals surface area contributed by atoms with Crippen molar-refractivity contribution in [3.63, 3.8) is 0 Å². The second-order valence-corrected chi connectivity index (χ2v) is 6.05. The van der Waals surface area contributed by atoms with E-state index in [2.05, 4.69) is 14.9 Å². The molecule has 0 atom stereocenters. The van der Waals surface area contributed by atoms with Gasteiger partial charge in [-0.3, -0.25) is 4.90 Å². The minimum atomic E-state index is -0.439. The van der Waals surface area contributed by atoms with E-state index in [1.54, 1.807) is 0 Å². The summed E-state index contributed by atoms with van der Waals surface area (Å²) >= 11 is 6.03. The number of hydrogen-bond acceptors (Lipinski definition) is 7. The van der Waals surface area contributed by atoms with E-state index in [-0.39, 0.29) is 17.6 Å². The number of nitrogen functional groups attached to an aromatic ring is 1. The molecule has 2 heterocycles. The van der Waals surface area contributed by atoms with Gasteiger partial charge in [0.1, 0.15) is 11.6 Å². The second-order valence-electron chi connectivity index (χ2n) is 5.65. The van der Waals surface area contributed by atoms with Gasteiger partial charge < -0.3 is 20.5 Å². The predicted octanol–water partition coefficient (Wildman–Crippen LogP) is 1.76. The molecule has 0 saturated carbocycles. The summed E-state index contributed by atoms with van der Waals surface area (Å²) < 4.78 is 19.0. The molecule has 0 amide bonds. The summed E-state index contributed by atoms with van der Waals surface area (Å²) in [5.41, 5.74) is 5.73. The molecule has 1 aromatic carbocycles. The van der Waals surface area contributed by atoms with E-state index in [1.807, 2.05) is 4.90 Å². The van der Waals surface area contributed by atoms with Crippen molar-refractivity contribution in [3.8, 4) is 11.5 Å². The zero-order valence-electron chi connectivity index (χ0n) is 13.5. The first-order chi connectivity index (χ1) is 12.1. The lowest BCUT2D eigenvalue weighted by Gasteiger charge is -2.35. The first-order valence-electron chi connectivity index (χ1n) is 7.90. The maximum Gasteiger partial charge on any atom is 0.222 e. The molecular formula is C16H19ClFN5O2. The fourth-order valence-electron chi connectivity index (χ4n) is 2.67. The van der Waals surface area contributed by atoms with E-state index in [1.165, 1.54) is 24.4 Å². The highest BCUT2D eigenvalue weighted by molar-refractivity contribution is 6.32. The van der Waals surface area contributed by atoms with Crippen LogP contribution in [0, 0.1) is 5.82 Å². The molecule has 25 heavy (non-hydrogen) atoms. The number of nitrogens with zero attached hydrogens (tertiary/aromatic N) is 4. The summed E-state index contributed by atoms with van der Waals surface area (Å²) in [5.74, 6) is 0.989. The van der Waals surface area contributed by atoms with E-state index in [0.29, 0.717) is 37.0 Å². The van der Waals surface area contributed by atoms with Gasteiger partial charge >= 0.3 is 0 Å². The van der Waals surface area contributed by atoms with Crippen molar-refractivity contribution in [1.82, 2.24) is 14.9 Å². The molecule has 1 saturated heterocycles. The molecule has 2 aromatic rings. The lowest BCUT2D eigenvalue weighted by Crippen LogP contribution is -2.47. The molecule has 9 heteroatoms. The first kappa shape index (κ1) is 17.7. The number of halogens is 2. The highest BCUT2D eigenvalue weighted by Gasteiger charge is 2.22. The van der Waals surface area contributed by atoms with Gasteiger partial charge in [-0.2, -0.15) is 4.98 Å². The number of piperazine rings is 1. The van der Waals surface area contributed by atoms with Gasteiger partial charge in [-0.15, -0.1) is 0 Å².